The third-order valence-corrected chi connectivity index (χ3v) is 7.69. The summed E-state index contributed by atoms with van der Waals surface area (Å²) in [5, 5.41) is 12.8. The highest BCUT2D eigenvalue weighted by atomic mass is 16.5. The minimum absolute atomic E-state index is 0.0757. The molecule has 2 aliphatic heterocycles. The first kappa shape index (κ1) is 30.5. The summed E-state index contributed by atoms with van der Waals surface area (Å²) in [6, 6.07) is 5.41. The molecule has 0 spiro atoms. The Bertz CT molecular complexity index is 1450. The van der Waals surface area contributed by atoms with Crippen LogP contribution in [-0.4, -0.2) is 59.0 Å². The van der Waals surface area contributed by atoms with Crippen LogP contribution < -0.4 is 16.1 Å². The number of hydrogen-bond donors (Lipinski definition) is 3. The van der Waals surface area contributed by atoms with Crippen molar-refractivity contribution < 1.29 is 19.1 Å². The highest BCUT2D eigenvalue weighted by Crippen LogP contribution is 2.28. The van der Waals surface area contributed by atoms with Gasteiger partial charge in [-0.3, -0.25) is 24.4 Å². The van der Waals surface area contributed by atoms with Gasteiger partial charge in [-0.2, -0.15) is 0 Å². The molecule has 1 aromatic heterocycles. The van der Waals surface area contributed by atoms with E-state index in [1.165, 1.54) is 5.01 Å². The Morgan fingerprint density at radius 3 is 2.74 bits per heavy atom. The van der Waals surface area contributed by atoms with Crippen molar-refractivity contribution in [3.05, 3.63) is 70.5 Å². The van der Waals surface area contributed by atoms with Crippen LogP contribution in [0.5, 0.6) is 0 Å². The highest BCUT2D eigenvalue weighted by molar-refractivity contribution is 5.90. The highest BCUT2D eigenvalue weighted by Gasteiger charge is 2.33. The summed E-state index contributed by atoms with van der Waals surface area (Å²) in [6.07, 6.45) is 6.42. The van der Waals surface area contributed by atoms with Crippen LogP contribution in [0.3, 0.4) is 0 Å². The van der Waals surface area contributed by atoms with Gasteiger partial charge >= 0.3 is 5.97 Å². The maximum absolute atomic E-state index is 13.3. The second-order valence-electron chi connectivity index (χ2n) is 11.3. The van der Waals surface area contributed by atoms with Gasteiger partial charge in [-0.25, -0.2) is 5.43 Å². The number of carbonyl (C=O) groups is 3. The van der Waals surface area contributed by atoms with Gasteiger partial charge in [0.25, 0.3) is 5.91 Å². The van der Waals surface area contributed by atoms with Crippen LogP contribution in [-0.2, 0) is 19.1 Å². The molecule has 222 valence electrons. The van der Waals surface area contributed by atoms with Gasteiger partial charge in [-0.1, -0.05) is 43.7 Å². The first-order valence-electron chi connectivity index (χ1n) is 14.1. The van der Waals surface area contributed by atoms with E-state index >= 15 is 0 Å². The van der Waals surface area contributed by atoms with E-state index in [4.69, 9.17) is 10.3 Å². The summed E-state index contributed by atoms with van der Waals surface area (Å²) >= 11 is 0. The average Bonchev–Trinajstić information content (AvgIpc) is 2.98. The van der Waals surface area contributed by atoms with E-state index in [1.807, 2.05) is 57.2 Å². The first-order chi connectivity index (χ1) is 20.0. The molecule has 1 saturated heterocycles. The molecule has 0 radical (unpaired) electrons. The summed E-state index contributed by atoms with van der Waals surface area (Å²) in [6.45, 7) is 12.0. The zero-order valence-electron chi connectivity index (χ0n) is 24.5. The lowest BCUT2D eigenvalue weighted by Crippen LogP contribution is -2.60. The predicted molar refractivity (Wildman–Crippen MR) is 159 cm³/mol. The quantitative estimate of drug-likeness (QED) is 0.215. The molecule has 4 rings (SSSR count). The lowest BCUT2D eigenvalue weighted by Gasteiger charge is -2.35. The second-order valence-corrected chi connectivity index (χ2v) is 11.3. The Morgan fingerprint density at radius 2 is 1.98 bits per heavy atom. The van der Waals surface area contributed by atoms with E-state index in [0.29, 0.717) is 25.1 Å². The third-order valence-electron chi connectivity index (χ3n) is 7.69. The van der Waals surface area contributed by atoms with Crippen molar-refractivity contribution in [3.8, 4) is 0 Å². The van der Waals surface area contributed by atoms with E-state index in [1.54, 1.807) is 13.1 Å². The summed E-state index contributed by atoms with van der Waals surface area (Å²) in [5.74, 6) is -1.28. The summed E-state index contributed by atoms with van der Waals surface area (Å²) in [7, 11) is 0. The number of cyclic esters (lactones) is 1. The molecule has 0 unspecified atom stereocenters. The van der Waals surface area contributed by atoms with Crippen molar-refractivity contribution in [2.24, 2.45) is 10.5 Å². The number of carbonyl (C=O) groups excluding carboxylic acids is 3. The molecule has 0 aliphatic carbocycles. The van der Waals surface area contributed by atoms with Crippen LogP contribution in [0.25, 0.3) is 27.3 Å². The second kappa shape index (κ2) is 13.1. The van der Waals surface area contributed by atoms with Gasteiger partial charge in [0.2, 0.25) is 5.91 Å². The van der Waals surface area contributed by atoms with Gasteiger partial charge in [-0.05, 0) is 67.8 Å². The van der Waals surface area contributed by atoms with Crippen molar-refractivity contribution in [2.75, 3.05) is 13.1 Å². The summed E-state index contributed by atoms with van der Waals surface area (Å²) < 4.78 is 5.81. The molecule has 3 N–H and O–H groups in total. The number of amides is 2. The zero-order chi connectivity index (χ0) is 30.4. The molecule has 1 fully saturated rings. The van der Waals surface area contributed by atoms with E-state index in [0.717, 1.165) is 22.0 Å². The summed E-state index contributed by atoms with van der Waals surface area (Å²) in [4.78, 5) is 47.0. The smallest absolute Gasteiger partial charge is 0.325 e. The van der Waals surface area contributed by atoms with Crippen LogP contribution in [0.2, 0.25) is 0 Å². The van der Waals surface area contributed by atoms with Crippen molar-refractivity contribution in [1.29, 1.82) is 0 Å². The zero-order valence-corrected chi connectivity index (χ0v) is 24.5. The Labute approximate surface area is 245 Å². The lowest BCUT2D eigenvalue weighted by molar-refractivity contribution is -0.157. The Morgan fingerprint density at radius 1 is 1.19 bits per heavy atom. The van der Waals surface area contributed by atoms with Gasteiger partial charge in [0.15, 0.2) is 0 Å². The molecule has 5 bridgehead atoms. The Balaban J connectivity index is 1.69. The minimum atomic E-state index is -0.887. The number of hydrogen-bond acceptors (Lipinski definition) is 8. The predicted octanol–water partition coefficient (Wildman–Crippen LogP) is 4.06. The monoisotopic (exact) mass is 574 g/mol. The maximum atomic E-state index is 13.3. The van der Waals surface area contributed by atoms with E-state index in [9.17, 15) is 14.4 Å². The lowest BCUT2D eigenvalue weighted by atomic mass is 9.88. The number of fused-ring (bicyclic) bond motifs is 4. The average molecular weight is 575 g/mol. The number of azide groups is 1. The van der Waals surface area contributed by atoms with Crippen molar-refractivity contribution in [3.63, 3.8) is 0 Å². The molecule has 0 saturated carbocycles. The van der Waals surface area contributed by atoms with E-state index < -0.39 is 41.5 Å². The number of esters is 1. The molecule has 2 aromatic rings. The fourth-order valence-corrected chi connectivity index (χ4v) is 4.86. The fraction of sp³-hybridized carbons (Fsp3) is 0.467. The van der Waals surface area contributed by atoms with Crippen LogP contribution in [0, 0.1) is 5.41 Å². The number of rotatable bonds is 3. The number of nitrogens with zero attached hydrogens (tertiary/aromatic N) is 5. The van der Waals surface area contributed by atoms with Crippen LogP contribution >= 0.6 is 0 Å². The normalized spacial score (nSPS) is 26.0. The summed E-state index contributed by atoms with van der Waals surface area (Å²) in [5.41, 5.74) is 13.3. The minimum Gasteiger partial charge on any atom is -0.457 e. The van der Waals surface area contributed by atoms with Gasteiger partial charge < -0.3 is 15.4 Å². The van der Waals surface area contributed by atoms with Crippen LogP contribution in [0.15, 0.2) is 53.9 Å². The molecular weight excluding hydrogens is 536 g/mol. The molecule has 42 heavy (non-hydrogen) atoms. The van der Waals surface area contributed by atoms with E-state index in [2.05, 4.69) is 37.6 Å². The number of pyridine rings is 1. The molecule has 2 amide bonds. The molecule has 1 aromatic carbocycles. The number of nitrogens with one attached hydrogen (secondary N) is 3. The molecule has 12 heteroatoms. The number of allylic oxidation sites excluding steroid dienone is 1. The van der Waals surface area contributed by atoms with Crippen LogP contribution in [0.4, 0.5) is 0 Å². The largest absolute Gasteiger partial charge is 0.457 e. The van der Waals surface area contributed by atoms with Gasteiger partial charge in [0.1, 0.15) is 24.2 Å². The SMILES string of the molecule is C=C1N[C@@H](CCN=[N+]=[N-])C(=O)N[C@@H](C)C(=O)N2CCC[C@H](N2)C(=O)O[C@H](C)c2ccc3cnc(cc3c2)/C=C/C1(C)C. The van der Waals surface area contributed by atoms with Gasteiger partial charge in [0, 0.05) is 40.7 Å². The number of hydrazine groups is 1. The number of aromatic nitrogens is 1. The number of benzene rings is 1. The first-order valence-corrected chi connectivity index (χ1v) is 14.1. The molecule has 3 heterocycles. The van der Waals surface area contributed by atoms with E-state index in [-0.39, 0.29) is 18.9 Å². The topological polar surface area (TPSA) is 161 Å². The molecule has 4 atom stereocenters. The van der Waals surface area contributed by atoms with Gasteiger partial charge in [0.05, 0.1) is 5.69 Å². The van der Waals surface area contributed by atoms with Crippen LogP contribution in [0.1, 0.15) is 64.3 Å². The maximum Gasteiger partial charge on any atom is 0.325 e. The Hall–Kier alpha value is -4.41. The number of ether oxygens (including phenoxy) is 1. The van der Waals surface area contributed by atoms with Crippen molar-refractivity contribution in [2.45, 2.75) is 71.2 Å². The molecule has 12 nitrogen and oxygen atoms in total. The standard InChI is InChI=1S/C30H38N8O4/c1-18-28(40)38-14-6-7-26(36-38)29(41)42-19(2)21-8-9-22-17-32-24(16-23(22)15-21)10-12-30(4,5)20(3)35-25(27(39)34-18)11-13-33-37-31/h8-10,12,15-19,25-26,35-36H,3,6-7,11,13-14H2,1-2,4-5H3,(H,34,39)/b12-10+/t18-,19+,25-,26-/m0/s1. The molecular formula is C30H38N8O4. The molecule has 2 aliphatic rings. The third kappa shape index (κ3) is 7.26. The Kier molecular flexibility index (Phi) is 9.49. The van der Waals surface area contributed by atoms with Crippen molar-refractivity contribution >= 4 is 34.6 Å². The van der Waals surface area contributed by atoms with Crippen molar-refractivity contribution in [1.82, 2.24) is 26.1 Å². The fourth-order valence-electron chi connectivity index (χ4n) is 4.86. The van der Waals surface area contributed by atoms with Gasteiger partial charge in [-0.15, -0.1) is 0 Å².